The van der Waals surface area contributed by atoms with Crippen molar-refractivity contribution in [2.24, 2.45) is 0 Å². The summed E-state index contributed by atoms with van der Waals surface area (Å²) in [5.74, 6) is -2.88. The molecule has 0 rings (SSSR count). The summed E-state index contributed by atoms with van der Waals surface area (Å²) >= 11 is 0. The Kier molecular flexibility index (Phi) is 18.8. The molecule has 0 bridgehead atoms. The molecule has 0 aromatic carbocycles. The number of aliphatic hydroxyl groups is 2. The number of hydrogen-bond donors (Lipinski definition) is 2. The first-order valence-corrected chi connectivity index (χ1v) is 2.16. The van der Waals surface area contributed by atoms with Crippen LogP contribution in [0.5, 0.6) is 0 Å². The van der Waals surface area contributed by atoms with Gasteiger partial charge in [0.05, 0.1) is 25.2 Å². The molecule has 7 heteroatoms. The van der Waals surface area contributed by atoms with Gasteiger partial charge in [0, 0.05) is 0 Å². The van der Waals surface area contributed by atoms with Crippen LogP contribution in [0.1, 0.15) is 0 Å². The molecule has 6 nitrogen and oxygen atoms in total. The summed E-state index contributed by atoms with van der Waals surface area (Å²) in [6.45, 7) is -1.78. The Morgan fingerprint density at radius 3 is 1.09 bits per heavy atom. The fraction of sp³-hybridized carbons (Fsp3) is 0.500. The number of carboxylic acid groups (broad SMARTS) is 2. The number of carbonyl (C=O) groups is 2. The van der Waals surface area contributed by atoms with Crippen molar-refractivity contribution in [1.29, 1.82) is 0 Å². The van der Waals surface area contributed by atoms with Gasteiger partial charge in [0.1, 0.15) is 0 Å². The van der Waals surface area contributed by atoms with Gasteiger partial charge >= 0.3 is 21.7 Å². The van der Waals surface area contributed by atoms with Crippen molar-refractivity contribution in [2.75, 3.05) is 13.2 Å². The van der Waals surface area contributed by atoms with Crippen molar-refractivity contribution in [1.82, 2.24) is 0 Å². The van der Waals surface area contributed by atoms with Gasteiger partial charge in [-0.25, -0.2) is 0 Å². The molecule has 0 unspecified atom stereocenters. The molecule has 0 aliphatic carbocycles. The van der Waals surface area contributed by atoms with E-state index in [0.717, 1.165) is 0 Å². The third-order valence-corrected chi connectivity index (χ3v) is 0.258. The van der Waals surface area contributed by atoms with Crippen LogP contribution < -0.4 is 10.2 Å². The van der Waals surface area contributed by atoms with Crippen molar-refractivity contribution in [3.8, 4) is 0 Å². The Hall–Kier alpha value is -0.426. The van der Waals surface area contributed by atoms with Gasteiger partial charge < -0.3 is 30.0 Å². The standard InChI is InChI=1S/2C2H4O3.Ti/c2*3-1-2(4)5;/h2*3H,1H2,(H,4,5);/q;;+2/p-2. The van der Waals surface area contributed by atoms with Crippen molar-refractivity contribution in [3.63, 3.8) is 0 Å². The van der Waals surface area contributed by atoms with E-state index < -0.39 is 25.2 Å². The fourth-order valence-electron chi connectivity index (χ4n) is 0. The first-order valence-electron chi connectivity index (χ1n) is 2.16. The number of rotatable bonds is 2. The molecule has 0 aromatic rings. The SMILES string of the molecule is O=C([O-])CO.O=C([O-])CO.[Ti+2]. The van der Waals surface area contributed by atoms with Crippen LogP contribution in [0.2, 0.25) is 0 Å². The summed E-state index contributed by atoms with van der Waals surface area (Å²) in [6, 6.07) is 0. The van der Waals surface area contributed by atoms with Gasteiger partial charge in [0.25, 0.3) is 0 Å². The van der Waals surface area contributed by atoms with Crippen LogP contribution in [0.3, 0.4) is 0 Å². The maximum atomic E-state index is 9.01. The van der Waals surface area contributed by atoms with E-state index in [1.54, 1.807) is 0 Å². The maximum absolute atomic E-state index is 9.01. The molecule has 2 N–H and O–H groups in total. The number of carboxylic acids is 2. The predicted molar refractivity (Wildman–Crippen MR) is 24.2 cm³/mol. The summed E-state index contributed by atoms with van der Waals surface area (Å²) in [4.78, 5) is 18.0. The third-order valence-electron chi connectivity index (χ3n) is 0.258. The van der Waals surface area contributed by atoms with Crippen LogP contribution in [0, 0.1) is 0 Å². The van der Waals surface area contributed by atoms with Crippen molar-refractivity contribution >= 4 is 11.9 Å². The van der Waals surface area contributed by atoms with Gasteiger partial charge in [-0.05, 0) is 0 Å². The van der Waals surface area contributed by atoms with E-state index in [2.05, 4.69) is 0 Å². The van der Waals surface area contributed by atoms with Crippen LogP contribution in [0.15, 0.2) is 0 Å². The first kappa shape index (κ1) is 16.9. The normalized spacial score (nSPS) is 6.73. The second kappa shape index (κ2) is 12.3. The molecular formula is C4H6O6Ti. The van der Waals surface area contributed by atoms with Crippen molar-refractivity contribution in [2.45, 2.75) is 0 Å². The minimum absolute atomic E-state index is 0. The minimum Gasteiger partial charge on any atom is -0.548 e. The number of aliphatic hydroxyl groups excluding tert-OH is 2. The molecule has 0 aliphatic rings. The second-order valence-electron chi connectivity index (χ2n) is 1.06. The van der Waals surface area contributed by atoms with Crippen LogP contribution in [-0.2, 0) is 31.3 Å². The van der Waals surface area contributed by atoms with Gasteiger partial charge in [-0.15, -0.1) is 0 Å². The molecule has 0 heterocycles. The Morgan fingerprint density at radius 1 is 1.00 bits per heavy atom. The van der Waals surface area contributed by atoms with E-state index in [4.69, 9.17) is 30.0 Å². The van der Waals surface area contributed by atoms with Gasteiger partial charge in [-0.3, -0.25) is 0 Å². The number of hydrogen-bond acceptors (Lipinski definition) is 6. The molecular weight excluding hydrogens is 192 g/mol. The quantitative estimate of drug-likeness (QED) is 0.431. The third kappa shape index (κ3) is 43.0. The van der Waals surface area contributed by atoms with E-state index in [9.17, 15) is 0 Å². The van der Waals surface area contributed by atoms with Gasteiger partial charge in [-0.2, -0.15) is 0 Å². The molecule has 0 fully saturated rings. The van der Waals surface area contributed by atoms with E-state index >= 15 is 0 Å². The van der Waals surface area contributed by atoms with Gasteiger partial charge in [0.2, 0.25) is 0 Å². The molecule has 62 valence electrons. The summed E-state index contributed by atoms with van der Waals surface area (Å²) in [7, 11) is 0. The summed E-state index contributed by atoms with van der Waals surface area (Å²) in [6.07, 6.45) is 0. The largest absolute Gasteiger partial charge is 2.00 e. The van der Waals surface area contributed by atoms with Crippen molar-refractivity contribution < 1.29 is 51.7 Å². The topological polar surface area (TPSA) is 121 Å². The monoisotopic (exact) mass is 198 g/mol. The Bertz CT molecular complexity index is 99.1. The number of aliphatic carboxylic acids is 2. The van der Waals surface area contributed by atoms with E-state index in [1.165, 1.54) is 0 Å². The van der Waals surface area contributed by atoms with E-state index in [1.807, 2.05) is 0 Å². The summed E-state index contributed by atoms with van der Waals surface area (Å²) in [5.41, 5.74) is 0. The molecule has 0 saturated heterocycles. The zero-order valence-electron chi connectivity index (χ0n) is 5.44. The maximum Gasteiger partial charge on any atom is 2.00 e. The van der Waals surface area contributed by atoms with Crippen molar-refractivity contribution in [3.05, 3.63) is 0 Å². The molecule has 0 aliphatic heterocycles. The summed E-state index contributed by atoms with van der Waals surface area (Å²) in [5, 5.41) is 33.0. The summed E-state index contributed by atoms with van der Waals surface area (Å²) < 4.78 is 0. The molecule has 0 atom stereocenters. The molecule has 0 radical (unpaired) electrons. The first-order chi connectivity index (χ1) is 4.54. The molecule has 11 heavy (non-hydrogen) atoms. The van der Waals surface area contributed by atoms with E-state index in [0.29, 0.717) is 0 Å². The Labute approximate surface area is 77.3 Å². The van der Waals surface area contributed by atoms with Crippen LogP contribution in [0.4, 0.5) is 0 Å². The molecule has 0 saturated carbocycles. The smallest absolute Gasteiger partial charge is 0.548 e. The average Bonchev–Trinajstić information content (AvgIpc) is 1.89. The minimum atomic E-state index is -1.44. The molecule has 0 aromatic heterocycles. The van der Waals surface area contributed by atoms with Gasteiger partial charge in [-0.1, -0.05) is 0 Å². The van der Waals surface area contributed by atoms with Crippen LogP contribution in [-0.4, -0.2) is 35.4 Å². The zero-order chi connectivity index (χ0) is 8.57. The van der Waals surface area contributed by atoms with Gasteiger partial charge in [0.15, 0.2) is 0 Å². The number of carbonyl (C=O) groups excluding carboxylic acids is 2. The predicted octanol–water partition coefficient (Wildman–Crippen LogP) is -4.55. The fourth-order valence-corrected chi connectivity index (χ4v) is 0. The van der Waals surface area contributed by atoms with E-state index in [-0.39, 0.29) is 21.7 Å². The Balaban J connectivity index is -0.000000107. The molecule has 0 amide bonds. The van der Waals surface area contributed by atoms with Crippen LogP contribution >= 0.6 is 0 Å². The Morgan fingerprint density at radius 2 is 1.09 bits per heavy atom. The van der Waals surface area contributed by atoms with Crippen LogP contribution in [0.25, 0.3) is 0 Å². The average molecular weight is 198 g/mol. The molecule has 0 spiro atoms. The second-order valence-corrected chi connectivity index (χ2v) is 1.06. The zero-order valence-corrected chi connectivity index (χ0v) is 7.00.